The molecule has 2 saturated heterocycles. The van der Waals surface area contributed by atoms with E-state index in [1.165, 1.54) is 0 Å². The van der Waals surface area contributed by atoms with Crippen LogP contribution in [0.15, 0.2) is 60.9 Å². The number of ether oxygens (including phenoxy) is 2. The standard InChI is InChI=1S/C55H81N13O15/c1-28(2)19-37-49(76)65-38(20-29-22-59-33-13-5-3-11-31(29)33)50(77)61-36(16-8-10-18-57)48(75)66-41(25-70)53(80)68-42(27-82-55-44(58)46(73)45(72)43(26-71)83-55)54(81)67-40(24-69)52(79)62-35(15-7-9-17-56)47(74)64-39(51(78)63-37)21-30-23-60-34-14-6-4-12-32(30)34/h3-6,11-14,22-23,28,35-46,55,59-60,69-73H,7-10,15-21,24-27,56-58H2,1-2H3,(H,61,77)(H,62,79)(H,63,78)(H,64,74)(H,65,76)(H,66,75)(H,67,81)(H,68,80)/t35-,36-,37-,38+,39+,40+,41+,42-,43-,44-,45-,46-,55-/m1/s1. The normalized spacial score (nSPS) is 27.9. The van der Waals surface area contributed by atoms with Gasteiger partial charge in [0.25, 0.3) is 0 Å². The molecule has 0 aliphatic carbocycles. The number of nitrogens with two attached hydrogens (primary N) is 3. The Bertz CT molecular complexity index is 2750. The van der Waals surface area contributed by atoms with E-state index in [4.69, 9.17) is 26.7 Å². The molecule has 83 heavy (non-hydrogen) atoms. The van der Waals surface area contributed by atoms with Gasteiger partial charge in [0.2, 0.25) is 47.3 Å². The van der Waals surface area contributed by atoms with Crippen LogP contribution in [0.2, 0.25) is 0 Å². The Balaban J connectivity index is 1.42. The van der Waals surface area contributed by atoms with Crippen LogP contribution < -0.4 is 59.7 Å². The lowest BCUT2D eigenvalue weighted by Gasteiger charge is -2.40. The van der Waals surface area contributed by atoms with E-state index in [1.54, 1.807) is 24.5 Å². The number of unbranched alkanes of at least 4 members (excludes halogenated alkanes) is 2. The van der Waals surface area contributed by atoms with Crippen molar-refractivity contribution in [2.45, 2.75) is 151 Å². The predicted molar refractivity (Wildman–Crippen MR) is 301 cm³/mol. The number of para-hydroxylation sites is 2. The predicted octanol–water partition coefficient (Wildman–Crippen LogP) is -4.60. The summed E-state index contributed by atoms with van der Waals surface area (Å²) in [5.41, 5.74) is 20.3. The highest BCUT2D eigenvalue weighted by molar-refractivity contribution is 5.99. The first-order valence-corrected chi connectivity index (χ1v) is 27.9. The van der Waals surface area contributed by atoms with Crippen LogP contribution in [-0.4, -0.2) is 201 Å². The molecular weight excluding hydrogens is 1080 g/mol. The molecule has 0 bridgehead atoms. The highest BCUT2D eigenvalue weighted by Gasteiger charge is 2.44. The fourth-order valence-corrected chi connectivity index (χ4v) is 9.88. The molecule has 28 nitrogen and oxygen atoms in total. The zero-order chi connectivity index (χ0) is 60.3. The van der Waals surface area contributed by atoms with Gasteiger partial charge < -0.3 is 105 Å². The molecule has 8 amide bonds. The van der Waals surface area contributed by atoms with Crippen molar-refractivity contribution in [3.05, 3.63) is 72.1 Å². The van der Waals surface area contributed by atoms with Gasteiger partial charge in [0, 0.05) is 47.0 Å². The van der Waals surface area contributed by atoms with Crippen LogP contribution >= 0.6 is 0 Å². The summed E-state index contributed by atoms with van der Waals surface area (Å²) in [5, 5.41) is 74.2. The fraction of sp³-hybridized carbons (Fsp3) is 0.564. The van der Waals surface area contributed by atoms with Gasteiger partial charge in [-0.15, -0.1) is 0 Å². The molecule has 2 aromatic heterocycles. The number of fused-ring (bicyclic) bond motifs is 2. The lowest BCUT2D eigenvalue weighted by atomic mass is 9.98. The Morgan fingerprint density at radius 1 is 0.506 bits per heavy atom. The number of aliphatic hydroxyl groups excluding tert-OH is 5. The average Bonchev–Trinajstić information content (AvgIpc) is 4.24. The van der Waals surface area contributed by atoms with Crippen LogP contribution in [0, 0.1) is 5.92 Å². The molecular formula is C55H81N13O15. The molecule has 0 unspecified atom stereocenters. The van der Waals surface area contributed by atoms with Crippen molar-refractivity contribution in [1.29, 1.82) is 0 Å². The molecule has 2 fully saturated rings. The number of hydrogen-bond donors (Lipinski definition) is 18. The number of carbonyl (C=O) groups excluding carboxylic acids is 8. The van der Waals surface area contributed by atoms with E-state index < -0.39 is 153 Å². The first kappa shape index (κ1) is 65.0. The highest BCUT2D eigenvalue weighted by Crippen LogP contribution is 2.23. The van der Waals surface area contributed by atoms with Crippen LogP contribution in [-0.2, 0) is 60.7 Å². The van der Waals surface area contributed by atoms with Gasteiger partial charge in [-0.1, -0.05) is 50.2 Å². The minimum absolute atomic E-state index is 0.0415. The SMILES string of the molecule is CC(C)C[C@H]1NC(=O)[C@H](Cc2c[nH]c3ccccc23)NC(=O)[C@@H](CCCCN)NC(=O)[C@H](CO)NC(=O)[C@@H](CO[C@@H]2O[C@H](CO)[C@@H](O)[C@H](O)[C@H]2N)NC(=O)[C@H](CO)NC(=O)[C@@H](CCCCN)NC(=O)[C@H](Cc2c[nH]c3ccccc23)NC1=O. The van der Waals surface area contributed by atoms with Crippen LogP contribution in [0.25, 0.3) is 21.8 Å². The minimum Gasteiger partial charge on any atom is -0.394 e. The average molecular weight is 1160 g/mol. The summed E-state index contributed by atoms with van der Waals surface area (Å²) < 4.78 is 11.3. The fourth-order valence-electron chi connectivity index (χ4n) is 9.88. The van der Waals surface area contributed by atoms with Crippen LogP contribution in [0.1, 0.15) is 69.9 Å². The molecule has 4 heterocycles. The zero-order valence-corrected chi connectivity index (χ0v) is 46.5. The van der Waals surface area contributed by atoms with Crippen molar-refractivity contribution < 1.29 is 73.4 Å². The van der Waals surface area contributed by atoms with Gasteiger partial charge >= 0.3 is 0 Å². The Hall–Kier alpha value is -7.12. The summed E-state index contributed by atoms with van der Waals surface area (Å²) in [7, 11) is 0. The van der Waals surface area contributed by atoms with Gasteiger partial charge in [-0.2, -0.15) is 0 Å². The lowest BCUT2D eigenvalue weighted by molar-refractivity contribution is -0.266. The number of aromatic amines is 2. The van der Waals surface area contributed by atoms with E-state index in [2.05, 4.69) is 52.5 Å². The van der Waals surface area contributed by atoms with Gasteiger partial charge in [-0.05, 0) is 87.2 Å². The summed E-state index contributed by atoms with van der Waals surface area (Å²) in [6.07, 6.45) is -2.12. The Kier molecular flexibility index (Phi) is 24.7. The third-order valence-corrected chi connectivity index (χ3v) is 14.6. The summed E-state index contributed by atoms with van der Waals surface area (Å²) in [6.45, 7) is 0.167. The molecule has 0 spiro atoms. The monoisotopic (exact) mass is 1160 g/mol. The molecule has 0 saturated carbocycles. The molecule has 13 atom stereocenters. The van der Waals surface area contributed by atoms with E-state index in [1.807, 2.05) is 50.2 Å². The molecule has 21 N–H and O–H groups in total. The van der Waals surface area contributed by atoms with E-state index in [0.717, 1.165) is 21.8 Å². The van der Waals surface area contributed by atoms with E-state index in [-0.39, 0.29) is 64.0 Å². The number of aromatic nitrogens is 2. The minimum atomic E-state index is -1.91. The third kappa shape index (κ3) is 17.7. The number of rotatable bonds is 20. The molecule has 0 radical (unpaired) electrons. The first-order chi connectivity index (χ1) is 39.8. The van der Waals surface area contributed by atoms with Gasteiger partial charge in [0.15, 0.2) is 6.29 Å². The number of amides is 8. The number of H-pyrrole nitrogens is 2. The second kappa shape index (κ2) is 31.5. The van der Waals surface area contributed by atoms with Crippen molar-refractivity contribution in [2.75, 3.05) is 39.5 Å². The van der Waals surface area contributed by atoms with Gasteiger partial charge in [-0.3, -0.25) is 38.4 Å². The Morgan fingerprint density at radius 3 is 1.34 bits per heavy atom. The van der Waals surface area contributed by atoms with Crippen molar-refractivity contribution in [1.82, 2.24) is 52.5 Å². The highest BCUT2D eigenvalue weighted by atomic mass is 16.7. The Labute approximate surface area is 478 Å². The number of hydrogen-bond acceptors (Lipinski definition) is 18. The zero-order valence-electron chi connectivity index (χ0n) is 46.5. The largest absolute Gasteiger partial charge is 0.394 e. The third-order valence-electron chi connectivity index (χ3n) is 14.6. The second-order valence-electron chi connectivity index (χ2n) is 21.3. The number of carbonyl (C=O) groups is 8. The van der Waals surface area contributed by atoms with E-state index in [9.17, 15) is 63.9 Å². The molecule has 4 aromatic rings. The van der Waals surface area contributed by atoms with Crippen molar-refractivity contribution in [3.63, 3.8) is 0 Å². The molecule has 2 aliphatic heterocycles. The molecule has 28 heteroatoms. The second-order valence-corrected chi connectivity index (χ2v) is 21.3. The Morgan fingerprint density at radius 2 is 0.892 bits per heavy atom. The van der Waals surface area contributed by atoms with Gasteiger partial charge in [0.1, 0.15) is 66.6 Å². The summed E-state index contributed by atoms with van der Waals surface area (Å²) in [6, 6.07) is 0.289. The summed E-state index contributed by atoms with van der Waals surface area (Å²) >= 11 is 0. The molecule has 456 valence electrons. The number of aliphatic hydroxyl groups is 5. The number of nitrogens with one attached hydrogen (secondary N) is 10. The van der Waals surface area contributed by atoms with E-state index >= 15 is 0 Å². The lowest BCUT2D eigenvalue weighted by Crippen LogP contribution is -2.64. The van der Waals surface area contributed by atoms with Crippen LogP contribution in [0.4, 0.5) is 0 Å². The molecule has 2 aromatic carbocycles. The molecule has 6 rings (SSSR count). The number of benzene rings is 2. The molecule has 2 aliphatic rings. The van der Waals surface area contributed by atoms with Crippen molar-refractivity contribution >= 4 is 69.1 Å². The summed E-state index contributed by atoms with van der Waals surface area (Å²) in [5.74, 6) is -8.08. The first-order valence-electron chi connectivity index (χ1n) is 27.9. The van der Waals surface area contributed by atoms with Crippen molar-refractivity contribution in [2.24, 2.45) is 23.1 Å². The maximum absolute atomic E-state index is 14.9. The maximum atomic E-state index is 14.9. The van der Waals surface area contributed by atoms with E-state index in [0.29, 0.717) is 24.0 Å². The van der Waals surface area contributed by atoms with Crippen LogP contribution in [0.5, 0.6) is 0 Å². The summed E-state index contributed by atoms with van der Waals surface area (Å²) in [4.78, 5) is 122. The van der Waals surface area contributed by atoms with Crippen LogP contribution in [0.3, 0.4) is 0 Å². The topological polar surface area (TPSA) is 462 Å². The van der Waals surface area contributed by atoms with Gasteiger partial charge in [0.05, 0.1) is 32.5 Å². The maximum Gasteiger partial charge on any atom is 0.245 e. The smallest absolute Gasteiger partial charge is 0.245 e. The quantitative estimate of drug-likeness (QED) is 0.0370. The van der Waals surface area contributed by atoms with Gasteiger partial charge in [-0.25, -0.2) is 0 Å². The van der Waals surface area contributed by atoms with Crippen molar-refractivity contribution in [3.8, 4) is 0 Å².